The molecule has 17 heavy (non-hydrogen) atoms. The van der Waals surface area contributed by atoms with Crippen molar-refractivity contribution in [1.29, 1.82) is 0 Å². The van der Waals surface area contributed by atoms with E-state index >= 15 is 0 Å². The van der Waals surface area contributed by atoms with Crippen LogP contribution in [0.15, 0.2) is 0 Å². The zero-order chi connectivity index (χ0) is 12.4. The minimum Gasteiger partial charge on any atom is -0.375 e. The molecule has 0 radical (unpaired) electrons. The lowest BCUT2D eigenvalue weighted by molar-refractivity contribution is -0.0734. The minimum absolute atomic E-state index is 0.416. The molecule has 0 aromatic heterocycles. The lowest BCUT2D eigenvalue weighted by Crippen LogP contribution is -2.51. The number of likely N-dealkylation sites (tertiary alicyclic amines) is 1. The summed E-state index contributed by atoms with van der Waals surface area (Å²) in [6, 6.07) is 0.718. The Morgan fingerprint density at radius 1 is 1.18 bits per heavy atom. The van der Waals surface area contributed by atoms with Crippen LogP contribution in [0.2, 0.25) is 0 Å². The normalized spacial score (nSPS) is 44.8. The van der Waals surface area contributed by atoms with Gasteiger partial charge in [-0.25, -0.2) is 0 Å². The zero-order valence-corrected chi connectivity index (χ0v) is 11.6. The third-order valence-electron chi connectivity index (χ3n) is 4.64. The van der Waals surface area contributed by atoms with Crippen LogP contribution in [0.5, 0.6) is 0 Å². The molecule has 3 nitrogen and oxygen atoms in total. The Hall–Kier alpha value is -0.120. The van der Waals surface area contributed by atoms with Gasteiger partial charge in [-0.1, -0.05) is 6.92 Å². The van der Waals surface area contributed by atoms with Crippen LogP contribution in [0, 0.1) is 11.8 Å². The zero-order valence-electron chi connectivity index (χ0n) is 11.6. The summed E-state index contributed by atoms with van der Waals surface area (Å²) >= 11 is 0. The summed E-state index contributed by atoms with van der Waals surface area (Å²) in [7, 11) is 0. The van der Waals surface area contributed by atoms with Gasteiger partial charge in [0.05, 0.1) is 12.2 Å². The maximum absolute atomic E-state index is 5.89. The Balaban J connectivity index is 1.93. The molecule has 0 saturated carbocycles. The molecule has 0 bridgehead atoms. The summed E-state index contributed by atoms with van der Waals surface area (Å²) in [5.41, 5.74) is 5.89. The summed E-state index contributed by atoms with van der Waals surface area (Å²) in [6.07, 6.45) is 4.52. The Morgan fingerprint density at radius 2 is 1.82 bits per heavy atom. The van der Waals surface area contributed by atoms with Crippen molar-refractivity contribution in [3.8, 4) is 0 Å². The van der Waals surface area contributed by atoms with Gasteiger partial charge in [0.1, 0.15) is 0 Å². The molecule has 2 saturated heterocycles. The van der Waals surface area contributed by atoms with E-state index in [9.17, 15) is 0 Å². The minimum atomic E-state index is 0.416. The number of rotatable bonds is 2. The summed E-state index contributed by atoms with van der Waals surface area (Å²) in [6.45, 7) is 10.0. The lowest BCUT2D eigenvalue weighted by atomic mass is 9.85. The van der Waals surface area contributed by atoms with Gasteiger partial charge >= 0.3 is 0 Å². The Kier molecular flexibility index (Phi) is 4.45. The fraction of sp³-hybridized carbons (Fsp3) is 1.00. The molecule has 0 spiro atoms. The molecular formula is C14H28N2O. The Morgan fingerprint density at radius 3 is 2.41 bits per heavy atom. The molecule has 3 heteroatoms. The first-order valence-corrected chi connectivity index (χ1v) is 7.19. The van der Waals surface area contributed by atoms with Crippen molar-refractivity contribution in [2.75, 3.05) is 19.6 Å². The maximum Gasteiger partial charge on any atom is 0.0565 e. The molecule has 0 aliphatic carbocycles. The van der Waals surface area contributed by atoms with Crippen molar-refractivity contribution in [1.82, 2.24) is 4.90 Å². The van der Waals surface area contributed by atoms with E-state index < -0.39 is 0 Å². The number of nitrogens with two attached hydrogens (primary N) is 1. The molecule has 2 heterocycles. The van der Waals surface area contributed by atoms with Crippen molar-refractivity contribution in [3.63, 3.8) is 0 Å². The number of hydrogen-bond donors (Lipinski definition) is 1. The first-order chi connectivity index (χ1) is 8.10. The topological polar surface area (TPSA) is 38.5 Å². The Labute approximate surface area is 106 Å². The molecular weight excluding hydrogens is 212 g/mol. The van der Waals surface area contributed by atoms with Crippen LogP contribution in [-0.4, -0.2) is 42.8 Å². The molecule has 2 aliphatic heterocycles. The standard InChI is InChI=1S/C14H28N2O/c1-10-4-5-16(9-13(10)8-15)14-6-11(2)17-12(3)7-14/h10-14H,4-9,15H2,1-3H3. The second-order valence-electron chi connectivity index (χ2n) is 6.14. The third-order valence-corrected chi connectivity index (χ3v) is 4.64. The largest absolute Gasteiger partial charge is 0.375 e. The van der Waals surface area contributed by atoms with Gasteiger partial charge in [-0.15, -0.1) is 0 Å². The maximum atomic E-state index is 5.89. The van der Waals surface area contributed by atoms with Crippen molar-refractivity contribution in [2.45, 2.75) is 58.3 Å². The van der Waals surface area contributed by atoms with E-state index in [1.807, 2.05) is 0 Å². The first-order valence-electron chi connectivity index (χ1n) is 7.19. The molecule has 0 aromatic rings. The van der Waals surface area contributed by atoms with Gasteiger partial charge in [0, 0.05) is 12.6 Å². The molecule has 2 rings (SSSR count). The van der Waals surface area contributed by atoms with Gasteiger partial charge in [-0.05, 0) is 58.0 Å². The van der Waals surface area contributed by atoms with Crippen molar-refractivity contribution < 1.29 is 4.74 Å². The average Bonchev–Trinajstić information content (AvgIpc) is 2.28. The number of piperidine rings is 1. The monoisotopic (exact) mass is 240 g/mol. The van der Waals surface area contributed by atoms with Crippen LogP contribution in [0.1, 0.15) is 40.0 Å². The molecule has 4 atom stereocenters. The highest BCUT2D eigenvalue weighted by Crippen LogP contribution is 2.29. The van der Waals surface area contributed by atoms with Crippen LogP contribution < -0.4 is 5.73 Å². The SMILES string of the molecule is CC1CC(N2CCC(C)C(CN)C2)CC(C)O1. The second kappa shape index (κ2) is 5.68. The molecule has 2 fully saturated rings. The van der Waals surface area contributed by atoms with Crippen molar-refractivity contribution in [3.05, 3.63) is 0 Å². The van der Waals surface area contributed by atoms with E-state index in [2.05, 4.69) is 25.7 Å². The molecule has 100 valence electrons. The van der Waals surface area contributed by atoms with Gasteiger partial charge < -0.3 is 10.5 Å². The predicted octanol–water partition coefficient (Wildman–Crippen LogP) is 1.86. The van der Waals surface area contributed by atoms with Gasteiger partial charge in [-0.2, -0.15) is 0 Å². The number of hydrogen-bond acceptors (Lipinski definition) is 3. The summed E-state index contributed by atoms with van der Waals surface area (Å²) in [5, 5.41) is 0. The van der Waals surface area contributed by atoms with E-state index in [0.717, 1.165) is 18.5 Å². The van der Waals surface area contributed by atoms with Crippen LogP contribution >= 0.6 is 0 Å². The molecule has 2 N–H and O–H groups in total. The summed E-state index contributed by atoms with van der Waals surface area (Å²) in [5.74, 6) is 1.49. The molecule has 2 aliphatic rings. The van der Waals surface area contributed by atoms with Gasteiger partial charge in [0.25, 0.3) is 0 Å². The van der Waals surface area contributed by atoms with E-state index in [-0.39, 0.29) is 0 Å². The van der Waals surface area contributed by atoms with Gasteiger partial charge in [0.2, 0.25) is 0 Å². The van der Waals surface area contributed by atoms with Crippen LogP contribution in [-0.2, 0) is 4.74 Å². The molecule has 4 unspecified atom stereocenters. The van der Waals surface area contributed by atoms with Gasteiger partial charge in [0.15, 0.2) is 0 Å². The van der Waals surface area contributed by atoms with Crippen molar-refractivity contribution >= 4 is 0 Å². The van der Waals surface area contributed by atoms with Gasteiger partial charge in [-0.3, -0.25) is 4.90 Å². The van der Waals surface area contributed by atoms with Crippen molar-refractivity contribution in [2.24, 2.45) is 17.6 Å². The quantitative estimate of drug-likeness (QED) is 0.800. The van der Waals surface area contributed by atoms with Crippen LogP contribution in [0.25, 0.3) is 0 Å². The number of nitrogens with zero attached hydrogens (tertiary/aromatic N) is 1. The predicted molar refractivity (Wildman–Crippen MR) is 70.9 cm³/mol. The lowest BCUT2D eigenvalue weighted by Gasteiger charge is -2.44. The highest BCUT2D eigenvalue weighted by Gasteiger charge is 2.33. The third kappa shape index (κ3) is 3.21. The van der Waals surface area contributed by atoms with E-state index in [0.29, 0.717) is 18.1 Å². The summed E-state index contributed by atoms with van der Waals surface area (Å²) < 4.78 is 5.83. The Bertz CT molecular complexity index is 236. The molecule has 0 amide bonds. The highest BCUT2D eigenvalue weighted by molar-refractivity contribution is 4.87. The van der Waals surface area contributed by atoms with E-state index in [1.54, 1.807) is 0 Å². The fourth-order valence-corrected chi connectivity index (χ4v) is 3.48. The van der Waals surface area contributed by atoms with Crippen LogP contribution in [0.4, 0.5) is 0 Å². The molecule has 0 aromatic carbocycles. The second-order valence-corrected chi connectivity index (χ2v) is 6.14. The smallest absolute Gasteiger partial charge is 0.0565 e. The summed E-state index contributed by atoms with van der Waals surface area (Å²) in [4.78, 5) is 2.67. The number of ether oxygens (including phenoxy) is 1. The average molecular weight is 240 g/mol. The fourth-order valence-electron chi connectivity index (χ4n) is 3.48. The highest BCUT2D eigenvalue weighted by atomic mass is 16.5. The van der Waals surface area contributed by atoms with E-state index in [4.69, 9.17) is 10.5 Å². The van der Waals surface area contributed by atoms with Crippen LogP contribution in [0.3, 0.4) is 0 Å². The van der Waals surface area contributed by atoms with E-state index in [1.165, 1.54) is 32.4 Å². The first kappa shape index (κ1) is 13.3.